The van der Waals surface area contributed by atoms with Crippen molar-refractivity contribution >= 4 is 33.3 Å². The zero-order chi connectivity index (χ0) is 19.9. The van der Waals surface area contributed by atoms with Crippen LogP contribution in [0.2, 0.25) is 0 Å². The van der Waals surface area contributed by atoms with Gasteiger partial charge in [0.1, 0.15) is 12.4 Å². The predicted molar refractivity (Wildman–Crippen MR) is 111 cm³/mol. The summed E-state index contributed by atoms with van der Waals surface area (Å²) < 4.78 is 6.74. The third-order valence-corrected chi connectivity index (χ3v) is 4.53. The molecule has 0 amide bonds. The molecule has 0 saturated carbocycles. The number of halogens is 1. The fourth-order valence-electron chi connectivity index (χ4n) is 2.55. The van der Waals surface area contributed by atoms with Crippen molar-refractivity contribution in [2.24, 2.45) is 0 Å². The zero-order valence-electron chi connectivity index (χ0n) is 14.7. The molecule has 0 heterocycles. The van der Waals surface area contributed by atoms with Crippen molar-refractivity contribution in [3.05, 3.63) is 104 Å². The number of nitrogens with zero attached hydrogens (tertiary/aromatic N) is 2. The number of allylic oxidation sites excluding steroid dienone is 1. The van der Waals surface area contributed by atoms with Crippen LogP contribution in [0.5, 0.6) is 5.75 Å². The summed E-state index contributed by atoms with van der Waals surface area (Å²) >= 11 is 3.39. The average Bonchev–Trinajstić information content (AvgIpc) is 2.72. The Hall–Kier alpha value is -3.43. The van der Waals surface area contributed by atoms with Crippen molar-refractivity contribution in [2.75, 3.05) is 0 Å². The molecule has 0 radical (unpaired) electrons. The van der Waals surface area contributed by atoms with E-state index in [-0.39, 0.29) is 5.69 Å². The quantitative estimate of drug-likeness (QED) is 0.206. The maximum absolute atomic E-state index is 10.7. The maximum atomic E-state index is 10.7. The molecule has 0 N–H and O–H groups in total. The van der Waals surface area contributed by atoms with E-state index in [4.69, 9.17) is 4.74 Å². The number of ether oxygens (including phenoxy) is 1. The number of non-ortho nitro benzene ring substituents is 1. The standard InChI is InChI=1S/C22H15BrN2O3/c23-20-8-6-18(7-9-20)19(14-24)12-17-2-1-3-22(13-17)28-15-16-4-10-21(11-5-16)25(26)27/h1-13H,15H2. The van der Waals surface area contributed by atoms with E-state index in [1.54, 1.807) is 12.1 Å². The van der Waals surface area contributed by atoms with Gasteiger partial charge >= 0.3 is 0 Å². The lowest BCUT2D eigenvalue weighted by molar-refractivity contribution is -0.384. The SMILES string of the molecule is N#CC(=Cc1cccc(OCc2ccc([N+](=O)[O-])cc2)c1)c1ccc(Br)cc1. The Morgan fingerprint density at radius 3 is 2.46 bits per heavy atom. The Labute approximate surface area is 170 Å². The molecule has 0 aromatic heterocycles. The largest absolute Gasteiger partial charge is 0.489 e. The lowest BCUT2D eigenvalue weighted by atomic mass is 10.0. The minimum Gasteiger partial charge on any atom is -0.489 e. The van der Waals surface area contributed by atoms with Crippen LogP contribution >= 0.6 is 15.9 Å². The Kier molecular flexibility index (Phi) is 6.20. The Morgan fingerprint density at radius 2 is 1.82 bits per heavy atom. The van der Waals surface area contributed by atoms with Crippen molar-refractivity contribution in [2.45, 2.75) is 6.61 Å². The summed E-state index contributed by atoms with van der Waals surface area (Å²) in [5.41, 5.74) is 3.12. The highest BCUT2D eigenvalue weighted by Crippen LogP contribution is 2.23. The van der Waals surface area contributed by atoms with Crippen molar-refractivity contribution in [1.82, 2.24) is 0 Å². The molecular weight excluding hydrogens is 420 g/mol. The molecule has 3 aromatic rings. The first kappa shape index (κ1) is 19.3. The molecular formula is C22H15BrN2O3. The minimum atomic E-state index is -0.432. The van der Waals surface area contributed by atoms with Gasteiger partial charge in [0.15, 0.2) is 0 Å². The molecule has 138 valence electrons. The van der Waals surface area contributed by atoms with Crippen LogP contribution in [-0.4, -0.2) is 4.92 Å². The molecule has 6 heteroatoms. The topological polar surface area (TPSA) is 76.2 Å². The second-order valence-corrected chi connectivity index (χ2v) is 6.88. The highest BCUT2D eigenvalue weighted by molar-refractivity contribution is 9.10. The van der Waals surface area contributed by atoms with Crippen LogP contribution in [0.3, 0.4) is 0 Å². The van der Waals surface area contributed by atoms with E-state index < -0.39 is 4.92 Å². The number of nitriles is 1. The molecule has 0 fully saturated rings. The van der Waals surface area contributed by atoms with Gasteiger partial charge in [0, 0.05) is 16.6 Å². The lowest BCUT2D eigenvalue weighted by Gasteiger charge is -2.07. The Balaban J connectivity index is 1.73. The van der Waals surface area contributed by atoms with Crippen molar-refractivity contribution < 1.29 is 9.66 Å². The van der Waals surface area contributed by atoms with Crippen LogP contribution < -0.4 is 4.74 Å². The predicted octanol–water partition coefficient (Wildman–Crippen LogP) is 6.00. The average molecular weight is 435 g/mol. The second-order valence-electron chi connectivity index (χ2n) is 5.96. The van der Waals surface area contributed by atoms with Crippen molar-refractivity contribution in [3.63, 3.8) is 0 Å². The van der Waals surface area contributed by atoms with Crippen molar-refractivity contribution in [1.29, 1.82) is 5.26 Å². The summed E-state index contributed by atoms with van der Waals surface area (Å²) in [5.74, 6) is 0.653. The molecule has 0 spiro atoms. The normalized spacial score (nSPS) is 10.9. The van der Waals surface area contributed by atoms with E-state index in [2.05, 4.69) is 22.0 Å². The van der Waals surface area contributed by atoms with Gasteiger partial charge in [-0.3, -0.25) is 10.1 Å². The van der Waals surface area contributed by atoms with Crippen molar-refractivity contribution in [3.8, 4) is 11.8 Å². The fourth-order valence-corrected chi connectivity index (χ4v) is 2.82. The highest BCUT2D eigenvalue weighted by atomic mass is 79.9. The zero-order valence-corrected chi connectivity index (χ0v) is 16.3. The Morgan fingerprint density at radius 1 is 1.11 bits per heavy atom. The van der Waals surface area contributed by atoms with E-state index in [9.17, 15) is 15.4 Å². The summed E-state index contributed by atoms with van der Waals surface area (Å²) in [6.07, 6.45) is 1.81. The Bertz CT molecular complexity index is 1050. The van der Waals surface area contributed by atoms with Crippen LogP contribution in [0.25, 0.3) is 11.6 Å². The number of hydrogen-bond donors (Lipinski definition) is 0. The first-order valence-electron chi connectivity index (χ1n) is 8.39. The van der Waals surface area contributed by atoms with Gasteiger partial charge in [0.25, 0.3) is 5.69 Å². The number of rotatable bonds is 6. The molecule has 0 aliphatic carbocycles. The van der Waals surface area contributed by atoms with Gasteiger partial charge in [-0.05, 0) is 59.2 Å². The fraction of sp³-hybridized carbons (Fsp3) is 0.0455. The third-order valence-electron chi connectivity index (χ3n) is 4.00. The van der Waals surface area contributed by atoms with Gasteiger partial charge in [-0.2, -0.15) is 5.26 Å². The molecule has 0 aliphatic rings. The van der Waals surface area contributed by atoms with Crippen LogP contribution in [-0.2, 0) is 6.61 Å². The van der Waals surface area contributed by atoms with Gasteiger partial charge in [-0.25, -0.2) is 0 Å². The van der Waals surface area contributed by atoms with Gasteiger partial charge in [-0.15, -0.1) is 0 Å². The van der Waals surface area contributed by atoms with Crippen LogP contribution in [0.15, 0.2) is 77.3 Å². The molecule has 0 unspecified atom stereocenters. The van der Waals surface area contributed by atoms with E-state index in [0.29, 0.717) is 17.9 Å². The highest BCUT2D eigenvalue weighted by Gasteiger charge is 2.05. The molecule has 0 bridgehead atoms. The van der Waals surface area contributed by atoms with Crippen LogP contribution in [0, 0.1) is 21.4 Å². The summed E-state index contributed by atoms with van der Waals surface area (Å²) in [6.45, 7) is 0.295. The first-order chi connectivity index (χ1) is 13.5. The minimum absolute atomic E-state index is 0.0489. The summed E-state index contributed by atoms with van der Waals surface area (Å²) in [4.78, 5) is 10.3. The number of nitro groups is 1. The molecule has 3 aromatic carbocycles. The summed E-state index contributed by atoms with van der Waals surface area (Å²) in [7, 11) is 0. The van der Waals surface area contributed by atoms with Gasteiger partial charge in [-0.1, -0.05) is 40.2 Å². The smallest absolute Gasteiger partial charge is 0.269 e. The van der Waals surface area contributed by atoms with E-state index in [1.807, 2.05) is 54.6 Å². The maximum Gasteiger partial charge on any atom is 0.269 e. The van der Waals surface area contributed by atoms with Gasteiger partial charge in [0.2, 0.25) is 0 Å². The van der Waals surface area contributed by atoms with E-state index in [1.165, 1.54) is 12.1 Å². The number of hydrogen-bond acceptors (Lipinski definition) is 4. The van der Waals surface area contributed by atoms with Crippen LogP contribution in [0.1, 0.15) is 16.7 Å². The van der Waals surface area contributed by atoms with E-state index in [0.717, 1.165) is 21.2 Å². The summed E-state index contributed by atoms with van der Waals surface area (Å²) in [6, 6.07) is 23.5. The molecule has 0 saturated heterocycles. The van der Waals surface area contributed by atoms with Gasteiger partial charge in [0.05, 0.1) is 16.6 Å². The monoisotopic (exact) mass is 434 g/mol. The van der Waals surface area contributed by atoms with E-state index >= 15 is 0 Å². The number of nitro benzene ring substituents is 1. The van der Waals surface area contributed by atoms with Crippen LogP contribution in [0.4, 0.5) is 5.69 Å². The lowest BCUT2D eigenvalue weighted by Crippen LogP contribution is -1.96. The number of benzene rings is 3. The third kappa shape index (κ3) is 5.06. The molecule has 5 nitrogen and oxygen atoms in total. The summed E-state index contributed by atoms with van der Waals surface area (Å²) in [5, 5.41) is 20.2. The second kappa shape index (κ2) is 8.98. The molecule has 0 aliphatic heterocycles. The molecule has 28 heavy (non-hydrogen) atoms. The molecule has 0 atom stereocenters. The molecule has 3 rings (SSSR count). The van der Waals surface area contributed by atoms with Gasteiger partial charge < -0.3 is 4.74 Å². The first-order valence-corrected chi connectivity index (χ1v) is 9.18.